The molecule has 6 nitrogen and oxygen atoms in total. The zero-order valence-electron chi connectivity index (χ0n) is 12.3. The van der Waals surface area contributed by atoms with Crippen molar-refractivity contribution in [3.05, 3.63) is 29.6 Å². The molecule has 0 aromatic heterocycles. The molecule has 1 rings (SSSR count). The van der Waals surface area contributed by atoms with Crippen molar-refractivity contribution < 1.29 is 17.6 Å². The third-order valence-corrected chi connectivity index (χ3v) is 5.07. The summed E-state index contributed by atoms with van der Waals surface area (Å²) < 4.78 is 39.9. The Morgan fingerprint density at radius 1 is 1.33 bits per heavy atom. The molecule has 1 aromatic carbocycles. The molecule has 0 saturated carbocycles. The lowest BCUT2D eigenvalue weighted by atomic mass is 10.2. The molecule has 2 N–H and O–H groups in total. The van der Waals surface area contributed by atoms with E-state index in [0.29, 0.717) is 0 Å². The van der Waals surface area contributed by atoms with Gasteiger partial charge in [-0.15, -0.1) is 0 Å². The van der Waals surface area contributed by atoms with Crippen LogP contribution in [0.4, 0.5) is 4.39 Å². The van der Waals surface area contributed by atoms with E-state index < -0.39 is 15.8 Å². The van der Waals surface area contributed by atoms with Crippen LogP contribution in [0.25, 0.3) is 0 Å². The Kier molecular flexibility index (Phi) is 5.82. The normalized spacial score (nSPS) is 11.7. The number of likely N-dealkylation sites (N-methyl/N-ethyl adjacent to an activating group) is 2. The van der Waals surface area contributed by atoms with Crippen molar-refractivity contribution in [1.29, 1.82) is 0 Å². The maximum absolute atomic E-state index is 13.7. The number of carbonyl (C=O) groups is 1. The van der Waals surface area contributed by atoms with E-state index in [0.717, 1.165) is 10.4 Å². The zero-order chi connectivity index (χ0) is 16.2. The van der Waals surface area contributed by atoms with Gasteiger partial charge in [0.15, 0.2) is 0 Å². The first-order valence-electron chi connectivity index (χ1n) is 6.43. The number of benzene rings is 1. The SMILES string of the molecule is CCN(CC(=O)N(C)C)S(=O)(=O)c1cccc(F)c1CN. The lowest BCUT2D eigenvalue weighted by molar-refractivity contribution is -0.128. The van der Waals surface area contributed by atoms with Crippen LogP contribution < -0.4 is 5.73 Å². The zero-order valence-corrected chi connectivity index (χ0v) is 13.2. The highest BCUT2D eigenvalue weighted by Crippen LogP contribution is 2.22. The fourth-order valence-corrected chi connectivity index (χ4v) is 3.42. The molecule has 0 aliphatic carbocycles. The predicted octanol–water partition coefficient (Wildman–Crippen LogP) is 0.383. The van der Waals surface area contributed by atoms with E-state index in [9.17, 15) is 17.6 Å². The number of hydrogen-bond donors (Lipinski definition) is 1. The maximum Gasteiger partial charge on any atom is 0.243 e. The van der Waals surface area contributed by atoms with Gasteiger partial charge in [-0.05, 0) is 12.1 Å². The lowest BCUT2D eigenvalue weighted by Gasteiger charge is -2.23. The van der Waals surface area contributed by atoms with Gasteiger partial charge in [0.2, 0.25) is 15.9 Å². The first-order chi connectivity index (χ1) is 9.75. The summed E-state index contributed by atoms with van der Waals surface area (Å²) in [6, 6.07) is 3.76. The van der Waals surface area contributed by atoms with Gasteiger partial charge in [0, 0.05) is 32.7 Å². The largest absolute Gasteiger partial charge is 0.348 e. The molecule has 0 unspecified atom stereocenters. The summed E-state index contributed by atoms with van der Waals surface area (Å²) in [5.74, 6) is -1.03. The van der Waals surface area contributed by atoms with Crippen molar-refractivity contribution in [3.63, 3.8) is 0 Å². The van der Waals surface area contributed by atoms with Crippen molar-refractivity contribution in [2.75, 3.05) is 27.2 Å². The van der Waals surface area contributed by atoms with Gasteiger partial charge in [-0.1, -0.05) is 13.0 Å². The molecule has 0 saturated heterocycles. The van der Waals surface area contributed by atoms with Crippen molar-refractivity contribution in [2.24, 2.45) is 5.73 Å². The van der Waals surface area contributed by atoms with Crippen LogP contribution in [0.3, 0.4) is 0 Å². The number of hydrogen-bond acceptors (Lipinski definition) is 4. The Labute approximate surface area is 124 Å². The van der Waals surface area contributed by atoms with E-state index in [1.54, 1.807) is 6.92 Å². The highest BCUT2D eigenvalue weighted by atomic mass is 32.2. The Morgan fingerprint density at radius 2 is 1.95 bits per heavy atom. The number of halogens is 1. The molecule has 0 spiro atoms. The number of nitrogens with two attached hydrogens (primary N) is 1. The molecule has 0 heterocycles. The van der Waals surface area contributed by atoms with Crippen LogP contribution in [0.15, 0.2) is 23.1 Å². The monoisotopic (exact) mass is 317 g/mol. The summed E-state index contributed by atoms with van der Waals surface area (Å²) in [6.45, 7) is 1.18. The molecule has 0 fully saturated rings. The molecule has 0 radical (unpaired) electrons. The Morgan fingerprint density at radius 3 is 2.43 bits per heavy atom. The van der Waals surface area contributed by atoms with Crippen LogP contribution in [0.5, 0.6) is 0 Å². The van der Waals surface area contributed by atoms with E-state index in [1.807, 2.05) is 0 Å². The summed E-state index contributed by atoms with van der Waals surface area (Å²) in [7, 11) is -0.903. The molecule has 1 amide bonds. The van der Waals surface area contributed by atoms with E-state index in [2.05, 4.69) is 0 Å². The van der Waals surface area contributed by atoms with Gasteiger partial charge in [-0.25, -0.2) is 12.8 Å². The van der Waals surface area contributed by atoms with Gasteiger partial charge < -0.3 is 10.6 Å². The maximum atomic E-state index is 13.7. The van der Waals surface area contributed by atoms with Crippen molar-refractivity contribution >= 4 is 15.9 Å². The Hall–Kier alpha value is -1.51. The van der Waals surface area contributed by atoms with Gasteiger partial charge >= 0.3 is 0 Å². The average Bonchev–Trinajstić information content (AvgIpc) is 2.43. The van der Waals surface area contributed by atoms with Crippen LogP contribution in [0.2, 0.25) is 0 Å². The minimum absolute atomic E-state index is 0.0757. The van der Waals surface area contributed by atoms with E-state index >= 15 is 0 Å². The fourth-order valence-electron chi connectivity index (χ4n) is 1.78. The number of nitrogens with zero attached hydrogens (tertiary/aromatic N) is 2. The lowest BCUT2D eigenvalue weighted by Crippen LogP contribution is -2.40. The summed E-state index contributed by atoms with van der Waals surface area (Å²) >= 11 is 0. The number of rotatable bonds is 6. The first kappa shape index (κ1) is 17.5. The topological polar surface area (TPSA) is 83.7 Å². The second kappa shape index (κ2) is 6.97. The van der Waals surface area contributed by atoms with Gasteiger partial charge in [-0.2, -0.15) is 4.31 Å². The Balaban J connectivity index is 3.26. The number of carbonyl (C=O) groups excluding carboxylic acids is 1. The third kappa shape index (κ3) is 3.78. The quantitative estimate of drug-likeness (QED) is 0.822. The summed E-state index contributed by atoms with van der Waals surface area (Å²) in [4.78, 5) is 12.8. The molecule has 8 heteroatoms. The standard InChI is InChI=1S/C13H20FN3O3S/c1-4-17(9-13(18)16(2)3)21(19,20)12-7-5-6-11(14)10(12)8-15/h5-7H,4,8-9,15H2,1-3H3. The molecule has 0 atom stereocenters. The van der Waals surface area contributed by atoms with Gasteiger partial charge in [0.05, 0.1) is 11.4 Å². The molecule has 21 heavy (non-hydrogen) atoms. The highest BCUT2D eigenvalue weighted by molar-refractivity contribution is 7.89. The molecule has 0 aliphatic rings. The smallest absolute Gasteiger partial charge is 0.243 e. The third-order valence-electron chi connectivity index (χ3n) is 3.06. The Bertz CT molecular complexity index is 617. The summed E-state index contributed by atoms with van der Waals surface area (Å²) in [6.07, 6.45) is 0. The van der Waals surface area contributed by atoms with Gasteiger partial charge in [-0.3, -0.25) is 4.79 Å². The second-order valence-electron chi connectivity index (χ2n) is 4.64. The van der Waals surface area contributed by atoms with E-state index in [1.165, 1.54) is 31.1 Å². The summed E-state index contributed by atoms with van der Waals surface area (Å²) in [5.41, 5.74) is 5.37. The second-order valence-corrected chi connectivity index (χ2v) is 6.55. The molecular formula is C13H20FN3O3S. The van der Waals surface area contributed by atoms with Crippen molar-refractivity contribution in [3.8, 4) is 0 Å². The number of sulfonamides is 1. The van der Waals surface area contributed by atoms with Crippen LogP contribution >= 0.6 is 0 Å². The molecule has 118 valence electrons. The minimum Gasteiger partial charge on any atom is -0.348 e. The van der Waals surface area contributed by atoms with Crippen LogP contribution in [-0.4, -0.2) is 50.7 Å². The molecule has 1 aromatic rings. The average molecular weight is 317 g/mol. The number of amides is 1. The van der Waals surface area contributed by atoms with Crippen molar-refractivity contribution in [1.82, 2.24) is 9.21 Å². The molecular weight excluding hydrogens is 297 g/mol. The highest BCUT2D eigenvalue weighted by Gasteiger charge is 2.28. The predicted molar refractivity (Wildman–Crippen MR) is 77.4 cm³/mol. The van der Waals surface area contributed by atoms with E-state index in [-0.39, 0.29) is 36.0 Å². The first-order valence-corrected chi connectivity index (χ1v) is 7.87. The van der Waals surface area contributed by atoms with Crippen LogP contribution in [0, 0.1) is 5.82 Å². The van der Waals surface area contributed by atoms with Gasteiger partial charge in [0.25, 0.3) is 0 Å². The van der Waals surface area contributed by atoms with Crippen LogP contribution in [-0.2, 0) is 21.4 Å². The van der Waals surface area contributed by atoms with E-state index in [4.69, 9.17) is 5.73 Å². The van der Waals surface area contributed by atoms with Crippen LogP contribution in [0.1, 0.15) is 12.5 Å². The van der Waals surface area contributed by atoms with Gasteiger partial charge in [0.1, 0.15) is 5.82 Å². The minimum atomic E-state index is -3.98. The van der Waals surface area contributed by atoms with Crippen molar-refractivity contribution in [2.45, 2.75) is 18.4 Å². The molecule has 0 aliphatic heterocycles. The fraction of sp³-hybridized carbons (Fsp3) is 0.462. The molecule has 0 bridgehead atoms. The summed E-state index contributed by atoms with van der Waals surface area (Å²) in [5, 5.41) is 0.